The summed E-state index contributed by atoms with van der Waals surface area (Å²) in [6, 6.07) is 0. The van der Waals surface area contributed by atoms with Crippen LogP contribution in [0.25, 0.3) is 0 Å². The Morgan fingerprint density at radius 2 is 1.87 bits per heavy atom. The number of thiazole rings is 1. The molecule has 0 amide bonds. The molecule has 0 spiro atoms. The molecule has 0 aromatic carbocycles. The molecule has 1 fully saturated rings. The highest BCUT2D eigenvalue weighted by Crippen LogP contribution is 2.35. The Kier molecular flexibility index (Phi) is 3.01. The van der Waals surface area contributed by atoms with Crippen LogP contribution in [0.2, 0.25) is 0 Å². The summed E-state index contributed by atoms with van der Waals surface area (Å²) in [5.41, 5.74) is 4.41. The minimum atomic E-state index is 0.142. The van der Waals surface area contributed by atoms with Crippen molar-refractivity contribution in [1.29, 1.82) is 0 Å². The van der Waals surface area contributed by atoms with Crippen molar-refractivity contribution in [2.24, 2.45) is 0 Å². The molecular formula is C12H19N2S. The number of aromatic nitrogens is 1. The molecule has 1 saturated heterocycles. The van der Waals surface area contributed by atoms with Gasteiger partial charge in [-0.1, -0.05) is 32.1 Å². The highest BCUT2D eigenvalue weighted by Gasteiger charge is 2.25. The fourth-order valence-electron chi connectivity index (χ4n) is 2.01. The third-order valence-electron chi connectivity index (χ3n) is 2.86. The van der Waals surface area contributed by atoms with Crippen molar-refractivity contribution in [3.8, 4) is 0 Å². The average molecular weight is 223 g/mol. The maximum atomic E-state index is 4.41. The Morgan fingerprint density at radius 1 is 1.20 bits per heavy atom. The molecule has 2 heterocycles. The molecule has 0 bridgehead atoms. The van der Waals surface area contributed by atoms with Gasteiger partial charge >= 0.3 is 0 Å². The minimum absolute atomic E-state index is 0.142. The van der Waals surface area contributed by atoms with Crippen molar-refractivity contribution < 1.29 is 0 Å². The number of anilines is 1. The molecule has 1 aromatic rings. The van der Waals surface area contributed by atoms with E-state index in [-0.39, 0.29) is 5.41 Å². The van der Waals surface area contributed by atoms with E-state index < -0.39 is 0 Å². The molecule has 83 valence electrons. The maximum absolute atomic E-state index is 4.41. The van der Waals surface area contributed by atoms with Gasteiger partial charge in [-0.2, -0.15) is 0 Å². The number of hydrogen-bond acceptors (Lipinski definition) is 3. The number of rotatable bonds is 1. The summed E-state index contributed by atoms with van der Waals surface area (Å²) in [5.74, 6) is 0. The predicted molar refractivity (Wildman–Crippen MR) is 65.7 cm³/mol. The van der Waals surface area contributed by atoms with Crippen molar-refractivity contribution in [2.45, 2.75) is 45.4 Å². The van der Waals surface area contributed by atoms with Crippen molar-refractivity contribution in [3.63, 3.8) is 0 Å². The Hall–Kier alpha value is -0.570. The van der Waals surface area contributed by atoms with Gasteiger partial charge in [-0.15, -0.1) is 0 Å². The third kappa shape index (κ3) is 2.33. The van der Waals surface area contributed by atoms with Gasteiger partial charge < -0.3 is 4.90 Å². The lowest BCUT2D eigenvalue weighted by Gasteiger charge is -2.30. The van der Waals surface area contributed by atoms with Crippen molar-refractivity contribution >= 4 is 16.3 Å². The second kappa shape index (κ2) is 4.12. The SMILES string of the molecule is CC(C)(C)c1n[c]sc1N1CCCCC1. The summed E-state index contributed by atoms with van der Waals surface area (Å²) in [5, 5.41) is 1.35. The Labute approximate surface area is 96.3 Å². The summed E-state index contributed by atoms with van der Waals surface area (Å²) < 4.78 is 0. The van der Waals surface area contributed by atoms with Crippen LogP contribution in [-0.4, -0.2) is 18.1 Å². The lowest BCUT2D eigenvalue weighted by Crippen LogP contribution is -2.30. The summed E-state index contributed by atoms with van der Waals surface area (Å²) in [7, 11) is 0. The number of hydrogen-bond donors (Lipinski definition) is 0. The van der Waals surface area contributed by atoms with Gasteiger partial charge in [0.25, 0.3) is 0 Å². The van der Waals surface area contributed by atoms with Crippen molar-refractivity contribution in [2.75, 3.05) is 18.0 Å². The van der Waals surface area contributed by atoms with E-state index in [0.717, 1.165) is 0 Å². The number of piperidine rings is 1. The standard InChI is InChI=1S/C12H19N2S/c1-12(2,3)10-11(15-9-13-10)14-7-5-4-6-8-14/h4-8H2,1-3H3. The summed E-state index contributed by atoms with van der Waals surface area (Å²) in [6.07, 6.45) is 4.02. The Balaban J connectivity index is 2.24. The van der Waals surface area contributed by atoms with Gasteiger partial charge in [0.15, 0.2) is 5.51 Å². The molecule has 0 unspecified atom stereocenters. The van der Waals surface area contributed by atoms with E-state index in [1.54, 1.807) is 11.3 Å². The largest absolute Gasteiger partial charge is 0.362 e. The molecule has 1 aromatic heterocycles. The van der Waals surface area contributed by atoms with Crippen LogP contribution in [0.3, 0.4) is 0 Å². The molecule has 0 saturated carbocycles. The second-order valence-corrected chi connectivity index (χ2v) is 6.03. The Bertz CT molecular complexity index is 319. The first-order valence-corrected chi connectivity index (χ1v) is 6.53. The van der Waals surface area contributed by atoms with E-state index in [4.69, 9.17) is 0 Å². The van der Waals surface area contributed by atoms with Gasteiger partial charge in [0.1, 0.15) is 5.00 Å². The lowest BCUT2D eigenvalue weighted by atomic mass is 9.92. The first-order valence-electron chi connectivity index (χ1n) is 5.71. The summed E-state index contributed by atoms with van der Waals surface area (Å²) in [4.78, 5) is 6.90. The molecule has 0 atom stereocenters. The summed E-state index contributed by atoms with van der Waals surface area (Å²) >= 11 is 1.67. The topological polar surface area (TPSA) is 16.1 Å². The molecule has 1 aliphatic heterocycles. The fraction of sp³-hybridized carbons (Fsp3) is 0.750. The van der Waals surface area contributed by atoms with Gasteiger partial charge in [-0.3, -0.25) is 0 Å². The summed E-state index contributed by atoms with van der Waals surface area (Å²) in [6.45, 7) is 9.06. The molecule has 2 nitrogen and oxygen atoms in total. The minimum Gasteiger partial charge on any atom is -0.362 e. The van der Waals surface area contributed by atoms with Gasteiger partial charge in [-0.05, 0) is 19.3 Å². The first-order chi connectivity index (χ1) is 7.09. The van der Waals surface area contributed by atoms with E-state index in [9.17, 15) is 0 Å². The van der Waals surface area contributed by atoms with Crippen LogP contribution >= 0.6 is 11.3 Å². The molecule has 15 heavy (non-hydrogen) atoms. The normalized spacial score (nSPS) is 18.2. The molecule has 0 N–H and O–H groups in total. The van der Waals surface area contributed by atoms with Crippen molar-refractivity contribution in [1.82, 2.24) is 4.98 Å². The van der Waals surface area contributed by atoms with E-state index in [0.29, 0.717) is 0 Å². The van der Waals surface area contributed by atoms with Crippen LogP contribution in [0.5, 0.6) is 0 Å². The van der Waals surface area contributed by atoms with Gasteiger partial charge in [0.05, 0.1) is 5.69 Å². The Morgan fingerprint density at radius 3 is 2.47 bits per heavy atom. The lowest BCUT2D eigenvalue weighted by molar-refractivity contribution is 0.550. The first kappa shape index (κ1) is 10.9. The quantitative estimate of drug-likeness (QED) is 0.726. The molecule has 3 heteroatoms. The highest BCUT2D eigenvalue weighted by molar-refractivity contribution is 7.13. The zero-order chi connectivity index (χ0) is 10.9. The van der Waals surface area contributed by atoms with Crippen LogP contribution in [0, 0.1) is 5.51 Å². The van der Waals surface area contributed by atoms with Crippen LogP contribution in [-0.2, 0) is 5.41 Å². The van der Waals surface area contributed by atoms with Crippen molar-refractivity contribution in [3.05, 3.63) is 11.2 Å². The predicted octanol–water partition coefficient (Wildman–Crippen LogP) is 3.23. The molecule has 2 rings (SSSR count). The zero-order valence-electron chi connectivity index (χ0n) is 9.84. The molecule has 1 radical (unpaired) electrons. The highest BCUT2D eigenvalue weighted by atomic mass is 32.1. The van der Waals surface area contributed by atoms with Gasteiger partial charge in [0.2, 0.25) is 0 Å². The fourth-order valence-corrected chi connectivity index (χ4v) is 2.99. The average Bonchev–Trinajstić information content (AvgIpc) is 2.67. The second-order valence-electron chi connectivity index (χ2n) is 5.26. The van der Waals surface area contributed by atoms with Crippen LogP contribution in [0.15, 0.2) is 0 Å². The molecule has 0 aliphatic carbocycles. The van der Waals surface area contributed by atoms with Gasteiger partial charge in [-0.25, -0.2) is 4.98 Å². The smallest absolute Gasteiger partial charge is 0.154 e. The molecule has 1 aliphatic rings. The van der Waals surface area contributed by atoms with Gasteiger partial charge in [0, 0.05) is 18.5 Å². The van der Waals surface area contributed by atoms with Crippen LogP contribution < -0.4 is 4.90 Å². The van der Waals surface area contributed by atoms with E-state index in [2.05, 4.69) is 36.2 Å². The monoisotopic (exact) mass is 223 g/mol. The zero-order valence-corrected chi connectivity index (χ0v) is 10.7. The molecular weight excluding hydrogens is 204 g/mol. The van der Waals surface area contributed by atoms with E-state index >= 15 is 0 Å². The van der Waals surface area contributed by atoms with E-state index in [1.807, 2.05) is 0 Å². The maximum Gasteiger partial charge on any atom is 0.154 e. The number of nitrogens with zero attached hydrogens (tertiary/aromatic N) is 2. The third-order valence-corrected chi connectivity index (χ3v) is 3.68. The van der Waals surface area contributed by atoms with Crippen LogP contribution in [0.1, 0.15) is 45.7 Å². The van der Waals surface area contributed by atoms with Crippen LogP contribution in [0.4, 0.5) is 5.00 Å². The van der Waals surface area contributed by atoms with E-state index in [1.165, 1.54) is 43.0 Å².